The van der Waals surface area contributed by atoms with E-state index in [0.717, 1.165) is 11.1 Å². The molecular formula is C24H25Cl2Nb. The molecule has 3 heteroatoms. The molecule has 0 amide bonds. The SMILES string of the molecule is C(#Cc1ccccc1)c1ccccc1.C[C]1C(C)=C(C)C(C)=C1C.[Cl][Nb][Cl]. The molecular weight excluding hydrogens is 452 g/mol. The van der Waals surface area contributed by atoms with Gasteiger partial charge in [0.05, 0.1) is 0 Å². The van der Waals surface area contributed by atoms with Crippen LogP contribution in [0.1, 0.15) is 45.7 Å². The monoisotopic (exact) mass is 476 g/mol. The zero-order valence-corrected chi connectivity index (χ0v) is 20.2. The van der Waals surface area contributed by atoms with E-state index in [9.17, 15) is 0 Å². The molecule has 140 valence electrons. The maximum atomic E-state index is 4.91. The van der Waals surface area contributed by atoms with Gasteiger partial charge >= 0.3 is 36.0 Å². The Morgan fingerprint density at radius 3 is 1.07 bits per heavy atom. The Bertz CT molecular complexity index is 757. The third kappa shape index (κ3) is 8.14. The van der Waals surface area contributed by atoms with E-state index >= 15 is 0 Å². The molecule has 1 aliphatic carbocycles. The molecule has 0 saturated heterocycles. The van der Waals surface area contributed by atoms with Crippen LogP contribution in [0.5, 0.6) is 0 Å². The summed E-state index contributed by atoms with van der Waals surface area (Å²) in [6, 6.07) is 20.0. The molecule has 0 fully saturated rings. The van der Waals surface area contributed by atoms with Crippen LogP contribution in [0.4, 0.5) is 0 Å². The third-order valence-electron chi connectivity index (χ3n) is 4.71. The first-order valence-electron chi connectivity index (χ1n) is 8.66. The molecule has 1 aliphatic rings. The van der Waals surface area contributed by atoms with Crippen LogP contribution in [-0.2, 0) is 17.6 Å². The number of benzene rings is 2. The number of allylic oxidation sites excluding steroid dienone is 4. The average molecular weight is 477 g/mol. The van der Waals surface area contributed by atoms with Crippen molar-refractivity contribution >= 4 is 18.4 Å². The molecule has 0 nitrogen and oxygen atoms in total. The summed E-state index contributed by atoms with van der Waals surface area (Å²) in [5, 5.41) is 0. The molecule has 1 radical (unpaired) electrons. The summed E-state index contributed by atoms with van der Waals surface area (Å²) in [5.74, 6) is 7.69. The molecule has 0 spiro atoms. The predicted octanol–water partition coefficient (Wildman–Crippen LogP) is 7.73. The number of halogens is 2. The summed E-state index contributed by atoms with van der Waals surface area (Å²) < 4.78 is 0. The Labute approximate surface area is 181 Å². The van der Waals surface area contributed by atoms with Crippen molar-refractivity contribution in [2.75, 3.05) is 0 Å². The molecule has 0 N–H and O–H groups in total. The van der Waals surface area contributed by atoms with E-state index in [1.54, 1.807) is 0 Å². The van der Waals surface area contributed by atoms with Gasteiger partial charge in [0.25, 0.3) is 0 Å². The molecule has 0 atom stereocenters. The minimum atomic E-state index is -0.706. The summed E-state index contributed by atoms with van der Waals surface area (Å²) in [6.07, 6.45) is 0. The van der Waals surface area contributed by atoms with Crippen molar-refractivity contribution in [3.05, 3.63) is 100 Å². The van der Waals surface area contributed by atoms with Crippen molar-refractivity contribution in [3.63, 3.8) is 0 Å². The van der Waals surface area contributed by atoms with Gasteiger partial charge in [-0.05, 0) is 63.1 Å². The number of hydrogen-bond donors (Lipinski definition) is 0. The van der Waals surface area contributed by atoms with Gasteiger partial charge in [0.15, 0.2) is 0 Å². The Kier molecular flexibility index (Phi) is 11.5. The van der Waals surface area contributed by atoms with Crippen LogP contribution in [0.2, 0.25) is 0 Å². The van der Waals surface area contributed by atoms with E-state index in [-0.39, 0.29) is 0 Å². The quantitative estimate of drug-likeness (QED) is 0.269. The first-order valence-corrected chi connectivity index (χ1v) is 14.3. The van der Waals surface area contributed by atoms with Gasteiger partial charge in [0, 0.05) is 17.0 Å². The van der Waals surface area contributed by atoms with Crippen LogP contribution in [0, 0.1) is 17.8 Å². The first-order chi connectivity index (χ1) is 12.9. The van der Waals surface area contributed by atoms with Crippen LogP contribution in [0.3, 0.4) is 0 Å². The van der Waals surface area contributed by atoms with Gasteiger partial charge in [-0.2, -0.15) is 0 Å². The second-order valence-corrected chi connectivity index (χ2v) is 9.51. The normalized spacial score (nSPS) is 13.0. The van der Waals surface area contributed by atoms with Crippen molar-refractivity contribution in [2.24, 2.45) is 0 Å². The molecule has 0 saturated carbocycles. The van der Waals surface area contributed by atoms with Crippen LogP contribution in [0.15, 0.2) is 83.0 Å². The fourth-order valence-electron chi connectivity index (χ4n) is 2.59. The van der Waals surface area contributed by atoms with Crippen molar-refractivity contribution < 1.29 is 17.6 Å². The van der Waals surface area contributed by atoms with E-state index in [2.05, 4.69) is 46.5 Å². The van der Waals surface area contributed by atoms with Gasteiger partial charge in [-0.15, -0.1) is 0 Å². The molecule has 0 aliphatic heterocycles. The molecule has 2 aromatic rings. The van der Waals surface area contributed by atoms with Gasteiger partial charge in [-0.25, -0.2) is 0 Å². The molecule has 2 aromatic carbocycles. The van der Waals surface area contributed by atoms with Crippen molar-refractivity contribution in [1.29, 1.82) is 0 Å². The van der Waals surface area contributed by atoms with Gasteiger partial charge < -0.3 is 0 Å². The van der Waals surface area contributed by atoms with Crippen molar-refractivity contribution in [1.82, 2.24) is 0 Å². The average Bonchev–Trinajstić information content (AvgIpc) is 2.87. The first kappa shape index (κ1) is 23.8. The topological polar surface area (TPSA) is 0 Å². The third-order valence-corrected chi connectivity index (χ3v) is 4.71. The Morgan fingerprint density at radius 2 is 0.852 bits per heavy atom. The maximum absolute atomic E-state index is 4.91. The standard InChI is InChI=1S/C14H10.C10H15.2ClH.Nb/c1-3-7-13(8-4-1)11-12-14-9-5-2-6-10-14;1-6-7(2)9(4)10(5)8(6)3;;;/h1-10H;1-5H3;2*1H;/q;;;;+2/p-2. The molecule has 0 aromatic heterocycles. The Balaban J connectivity index is 0.000000246. The van der Waals surface area contributed by atoms with Gasteiger partial charge in [0.2, 0.25) is 0 Å². The van der Waals surface area contributed by atoms with Gasteiger partial charge in [0.1, 0.15) is 0 Å². The molecule has 0 bridgehead atoms. The van der Waals surface area contributed by atoms with Crippen LogP contribution >= 0.6 is 18.4 Å². The second kappa shape index (κ2) is 13.1. The van der Waals surface area contributed by atoms with Crippen LogP contribution in [-0.4, -0.2) is 0 Å². The summed E-state index contributed by atoms with van der Waals surface area (Å²) in [7, 11) is 9.83. The zero-order valence-electron chi connectivity index (χ0n) is 16.5. The van der Waals surface area contributed by atoms with Crippen molar-refractivity contribution in [3.8, 4) is 11.8 Å². The predicted molar refractivity (Wildman–Crippen MR) is 116 cm³/mol. The fourth-order valence-corrected chi connectivity index (χ4v) is 2.59. The number of rotatable bonds is 0. The summed E-state index contributed by atoms with van der Waals surface area (Å²) in [4.78, 5) is 0. The molecule has 0 heterocycles. The van der Waals surface area contributed by atoms with Crippen LogP contribution in [0.25, 0.3) is 0 Å². The second-order valence-electron chi connectivity index (χ2n) is 6.17. The fraction of sp³-hybridized carbons (Fsp3) is 0.208. The molecule has 3 rings (SSSR count). The van der Waals surface area contributed by atoms with E-state index in [0.29, 0.717) is 0 Å². The van der Waals surface area contributed by atoms with E-state index in [1.165, 1.54) is 28.2 Å². The molecule has 27 heavy (non-hydrogen) atoms. The van der Waals surface area contributed by atoms with E-state index in [4.69, 9.17) is 18.4 Å². The van der Waals surface area contributed by atoms with Crippen molar-refractivity contribution in [2.45, 2.75) is 34.6 Å². The van der Waals surface area contributed by atoms with E-state index < -0.39 is 17.6 Å². The summed E-state index contributed by atoms with van der Waals surface area (Å²) in [6.45, 7) is 11.0. The summed E-state index contributed by atoms with van der Waals surface area (Å²) >= 11 is -0.706. The molecule has 0 unspecified atom stereocenters. The zero-order chi connectivity index (χ0) is 20.2. The Hall–Kier alpha value is -1.20. The van der Waals surface area contributed by atoms with Crippen LogP contribution < -0.4 is 0 Å². The van der Waals surface area contributed by atoms with Gasteiger partial charge in [-0.1, -0.05) is 66.3 Å². The summed E-state index contributed by atoms with van der Waals surface area (Å²) in [5.41, 5.74) is 7.97. The Morgan fingerprint density at radius 1 is 0.556 bits per heavy atom. The minimum absolute atomic E-state index is 0.706. The number of hydrogen-bond acceptors (Lipinski definition) is 0. The van der Waals surface area contributed by atoms with E-state index in [1.807, 2.05) is 60.7 Å². The van der Waals surface area contributed by atoms with Gasteiger partial charge in [-0.3, -0.25) is 0 Å².